The second kappa shape index (κ2) is 3.26. The van der Waals surface area contributed by atoms with Crippen LogP contribution in [-0.2, 0) is 0 Å². The summed E-state index contributed by atoms with van der Waals surface area (Å²) in [6.07, 6.45) is 4.94. The second-order valence-corrected chi connectivity index (χ2v) is 3.15. The van der Waals surface area contributed by atoms with E-state index in [-0.39, 0.29) is 0 Å². The zero-order chi connectivity index (χ0) is 10.1. The van der Waals surface area contributed by atoms with Gasteiger partial charge in [0.2, 0.25) is 5.95 Å². The van der Waals surface area contributed by atoms with Gasteiger partial charge in [-0.05, 0) is 6.92 Å². The van der Waals surface area contributed by atoms with Crippen LogP contribution in [0.15, 0.2) is 18.7 Å². The van der Waals surface area contributed by atoms with E-state index in [0.717, 1.165) is 0 Å². The number of nitrogens with zero attached hydrogens (tertiary/aromatic N) is 4. The monoisotopic (exact) mass is 209 g/mol. The number of nitrogen functional groups attached to an aromatic ring is 1. The van der Waals surface area contributed by atoms with E-state index in [1.807, 2.05) is 0 Å². The van der Waals surface area contributed by atoms with Crippen molar-refractivity contribution < 1.29 is 0 Å². The molecule has 0 aromatic carbocycles. The maximum atomic E-state index is 5.87. The molecule has 2 heterocycles. The van der Waals surface area contributed by atoms with Crippen molar-refractivity contribution in [2.24, 2.45) is 0 Å². The molecule has 2 rings (SSSR count). The molecule has 0 saturated carbocycles. The third-order valence-electron chi connectivity index (χ3n) is 1.85. The van der Waals surface area contributed by atoms with Crippen LogP contribution in [0.3, 0.4) is 0 Å². The number of nitrogens with two attached hydrogens (primary N) is 1. The zero-order valence-electron chi connectivity index (χ0n) is 7.48. The summed E-state index contributed by atoms with van der Waals surface area (Å²) in [5, 5.41) is 0.362. The van der Waals surface area contributed by atoms with Crippen LogP contribution in [0.25, 0.3) is 5.95 Å². The van der Waals surface area contributed by atoms with E-state index in [4.69, 9.17) is 17.3 Å². The summed E-state index contributed by atoms with van der Waals surface area (Å²) < 4.78 is 1.64. The molecular formula is C8H8ClN5. The van der Waals surface area contributed by atoms with Gasteiger partial charge in [-0.1, -0.05) is 11.6 Å². The van der Waals surface area contributed by atoms with Crippen LogP contribution in [0, 0.1) is 6.92 Å². The number of rotatable bonds is 1. The lowest BCUT2D eigenvalue weighted by molar-refractivity contribution is 0.923. The number of anilines is 1. The van der Waals surface area contributed by atoms with E-state index in [1.165, 1.54) is 0 Å². The van der Waals surface area contributed by atoms with Crippen LogP contribution >= 0.6 is 11.6 Å². The van der Waals surface area contributed by atoms with E-state index in [0.29, 0.717) is 22.5 Å². The summed E-state index contributed by atoms with van der Waals surface area (Å²) in [5.41, 5.74) is 6.35. The molecule has 5 nitrogen and oxygen atoms in total. The lowest BCUT2D eigenvalue weighted by atomic mass is 10.3. The molecule has 0 aliphatic heterocycles. The Balaban J connectivity index is 2.57. The molecule has 14 heavy (non-hydrogen) atoms. The first-order chi connectivity index (χ1) is 6.68. The molecule has 6 heteroatoms. The van der Waals surface area contributed by atoms with Crippen molar-refractivity contribution in [3.05, 3.63) is 29.4 Å². The van der Waals surface area contributed by atoms with Gasteiger partial charge >= 0.3 is 0 Å². The van der Waals surface area contributed by atoms with Crippen molar-refractivity contribution >= 4 is 17.4 Å². The minimum absolute atomic E-state index is 0.362. The zero-order valence-corrected chi connectivity index (χ0v) is 8.23. The first kappa shape index (κ1) is 8.96. The maximum absolute atomic E-state index is 5.87. The Hall–Kier alpha value is -1.62. The molecule has 0 fully saturated rings. The Bertz CT molecular complexity index is 428. The number of aromatic nitrogens is 4. The van der Waals surface area contributed by atoms with Crippen LogP contribution in [0.2, 0.25) is 5.15 Å². The van der Waals surface area contributed by atoms with Gasteiger partial charge in [0.15, 0.2) is 0 Å². The second-order valence-electron chi connectivity index (χ2n) is 2.79. The van der Waals surface area contributed by atoms with E-state index in [2.05, 4.69) is 15.0 Å². The maximum Gasteiger partial charge on any atom is 0.238 e. The van der Waals surface area contributed by atoms with Gasteiger partial charge in [0.05, 0.1) is 0 Å². The summed E-state index contributed by atoms with van der Waals surface area (Å²) in [5.74, 6) is 0.810. The van der Waals surface area contributed by atoms with Gasteiger partial charge < -0.3 is 5.73 Å². The number of hydrogen-bond donors (Lipinski definition) is 1. The van der Waals surface area contributed by atoms with Crippen LogP contribution in [0.4, 0.5) is 5.82 Å². The average Bonchev–Trinajstić information content (AvgIpc) is 2.66. The third kappa shape index (κ3) is 1.42. The summed E-state index contributed by atoms with van der Waals surface area (Å²) in [6, 6.07) is 0. The molecule has 2 aromatic rings. The fraction of sp³-hybridized carbons (Fsp3) is 0.125. The Morgan fingerprint density at radius 1 is 1.43 bits per heavy atom. The molecule has 0 aliphatic carbocycles. The van der Waals surface area contributed by atoms with E-state index >= 15 is 0 Å². The largest absolute Gasteiger partial charge is 0.383 e. The molecule has 2 aromatic heterocycles. The number of hydrogen-bond acceptors (Lipinski definition) is 4. The van der Waals surface area contributed by atoms with Crippen LogP contribution < -0.4 is 5.73 Å². The highest BCUT2D eigenvalue weighted by atomic mass is 35.5. The SMILES string of the molecule is Cc1c(N)nc(-n2ccnc2)nc1Cl. The molecule has 0 unspecified atom stereocenters. The first-order valence-electron chi connectivity index (χ1n) is 3.96. The van der Waals surface area contributed by atoms with Gasteiger partial charge in [-0.3, -0.25) is 4.57 Å². The fourth-order valence-electron chi connectivity index (χ4n) is 0.987. The van der Waals surface area contributed by atoms with Crippen LogP contribution in [-0.4, -0.2) is 19.5 Å². The van der Waals surface area contributed by atoms with Gasteiger partial charge in [0, 0.05) is 18.0 Å². The van der Waals surface area contributed by atoms with Crippen molar-refractivity contribution in [2.45, 2.75) is 6.92 Å². The molecule has 2 N–H and O–H groups in total. The lowest BCUT2D eigenvalue weighted by Gasteiger charge is -2.04. The van der Waals surface area contributed by atoms with Crippen molar-refractivity contribution in [1.29, 1.82) is 0 Å². The quantitative estimate of drug-likeness (QED) is 0.717. The standard InChI is InChI=1S/C8H8ClN5/c1-5-6(9)12-8(13-7(5)10)14-3-2-11-4-14/h2-4H,1H3,(H2,10,12,13). The van der Waals surface area contributed by atoms with Gasteiger partial charge in [0.1, 0.15) is 17.3 Å². The third-order valence-corrected chi connectivity index (χ3v) is 2.22. The summed E-state index contributed by atoms with van der Waals surface area (Å²) in [4.78, 5) is 12.0. The summed E-state index contributed by atoms with van der Waals surface area (Å²) >= 11 is 5.87. The van der Waals surface area contributed by atoms with Crippen molar-refractivity contribution in [1.82, 2.24) is 19.5 Å². The summed E-state index contributed by atoms with van der Waals surface area (Å²) in [7, 11) is 0. The van der Waals surface area contributed by atoms with Crippen LogP contribution in [0.1, 0.15) is 5.56 Å². The lowest BCUT2D eigenvalue weighted by Crippen LogP contribution is -2.04. The number of imidazole rings is 1. The fourth-order valence-corrected chi connectivity index (χ4v) is 1.16. The molecule has 0 bridgehead atoms. The normalized spacial score (nSPS) is 10.4. The highest BCUT2D eigenvalue weighted by Gasteiger charge is 2.07. The van der Waals surface area contributed by atoms with E-state index < -0.39 is 0 Å². The summed E-state index contributed by atoms with van der Waals surface area (Å²) in [6.45, 7) is 1.77. The first-order valence-corrected chi connectivity index (χ1v) is 4.34. The Morgan fingerprint density at radius 3 is 2.79 bits per heavy atom. The van der Waals surface area contributed by atoms with Gasteiger partial charge in [0.25, 0.3) is 0 Å². The highest BCUT2D eigenvalue weighted by Crippen LogP contribution is 2.18. The Morgan fingerprint density at radius 2 is 2.21 bits per heavy atom. The molecular weight excluding hydrogens is 202 g/mol. The van der Waals surface area contributed by atoms with Gasteiger partial charge in [-0.25, -0.2) is 4.98 Å². The van der Waals surface area contributed by atoms with Gasteiger partial charge in [-0.2, -0.15) is 9.97 Å². The molecule has 72 valence electrons. The molecule has 0 amide bonds. The smallest absolute Gasteiger partial charge is 0.238 e. The number of halogens is 1. The topological polar surface area (TPSA) is 69.6 Å². The Labute approximate surface area is 85.6 Å². The average molecular weight is 210 g/mol. The van der Waals surface area contributed by atoms with Crippen molar-refractivity contribution in [3.8, 4) is 5.95 Å². The molecule has 0 atom stereocenters. The predicted molar refractivity (Wildman–Crippen MR) is 53.3 cm³/mol. The van der Waals surface area contributed by atoms with E-state index in [9.17, 15) is 0 Å². The van der Waals surface area contributed by atoms with Crippen molar-refractivity contribution in [2.75, 3.05) is 5.73 Å². The minimum atomic E-state index is 0.362. The molecule has 0 saturated heterocycles. The van der Waals surface area contributed by atoms with E-state index in [1.54, 1.807) is 30.2 Å². The molecule has 0 aliphatic rings. The minimum Gasteiger partial charge on any atom is -0.383 e. The predicted octanol–water partition coefficient (Wildman–Crippen LogP) is 1.21. The molecule has 0 radical (unpaired) electrons. The highest BCUT2D eigenvalue weighted by molar-refractivity contribution is 6.30. The van der Waals surface area contributed by atoms with Crippen molar-refractivity contribution in [3.63, 3.8) is 0 Å². The van der Waals surface area contributed by atoms with Crippen LogP contribution in [0.5, 0.6) is 0 Å². The van der Waals surface area contributed by atoms with Gasteiger partial charge in [-0.15, -0.1) is 0 Å². The Kier molecular flexibility index (Phi) is 2.09. The molecule has 0 spiro atoms.